The topological polar surface area (TPSA) is 54.6 Å². The van der Waals surface area contributed by atoms with Crippen LogP contribution in [0.4, 0.5) is 4.53 Å². The summed E-state index contributed by atoms with van der Waals surface area (Å²) in [5.74, 6) is 1.08. The summed E-state index contributed by atoms with van der Waals surface area (Å²) in [6.07, 6.45) is 11.8. The second-order valence-electron chi connectivity index (χ2n) is 6.25. The van der Waals surface area contributed by atoms with E-state index in [1.165, 1.54) is 11.0 Å². The van der Waals surface area contributed by atoms with Crippen LogP contribution in [0.25, 0.3) is 5.57 Å². The smallest absolute Gasteiger partial charge is 0.213 e. The molecule has 29 heavy (non-hydrogen) atoms. The van der Waals surface area contributed by atoms with Crippen molar-refractivity contribution in [3.63, 3.8) is 0 Å². The molecular weight excluding hydrogens is 371 g/mol. The van der Waals surface area contributed by atoms with Gasteiger partial charge in [0.05, 0.1) is 5.56 Å². The number of aromatic amines is 1. The molecule has 0 bridgehead atoms. The zero-order valence-electron chi connectivity index (χ0n) is 16.8. The Kier molecular flexibility index (Phi) is 8.03. The molecule has 1 aromatic carbocycles. The fraction of sp³-hybridized carbons (Fsp3) is 0.174. The van der Waals surface area contributed by atoms with E-state index in [1.54, 1.807) is 43.7 Å². The summed E-state index contributed by atoms with van der Waals surface area (Å²) in [4.78, 5) is 19.8. The Bertz CT molecular complexity index is 941. The highest BCUT2D eigenvalue weighted by molar-refractivity contribution is 5.87. The Morgan fingerprint density at radius 1 is 1.28 bits per heavy atom. The number of carbonyl (C=O) groups excluding carboxylic acids is 1. The van der Waals surface area contributed by atoms with Crippen LogP contribution in [-0.4, -0.2) is 23.3 Å². The molecule has 2 rings (SSSR count). The Balaban J connectivity index is 2.67. The number of hydrogen-bond acceptors (Lipinski definition) is 3. The minimum atomic E-state index is -0.00858. The predicted octanol–water partition coefficient (Wildman–Crippen LogP) is 5.48. The van der Waals surface area contributed by atoms with Gasteiger partial charge in [-0.2, -0.15) is 0 Å². The van der Waals surface area contributed by atoms with E-state index in [-0.39, 0.29) is 5.75 Å². The van der Waals surface area contributed by atoms with E-state index < -0.39 is 0 Å². The highest BCUT2D eigenvalue weighted by Crippen LogP contribution is 2.40. The lowest BCUT2D eigenvalue weighted by atomic mass is 9.97. The first-order valence-electron chi connectivity index (χ1n) is 9.17. The van der Waals surface area contributed by atoms with Gasteiger partial charge in [-0.3, -0.25) is 9.74 Å². The second kappa shape index (κ2) is 10.7. The molecule has 1 N–H and O–H groups in total. The first-order valence-corrected chi connectivity index (χ1v) is 9.17. The number of H-pyrrole nitrogens is 1. The summed E-state index contributed by atoms with van der Waals surface area (Å²) in [5, 5.41) is 0. The number of ether oxygens (including phenoxy) is 1. The van der Waals surface area contributed by atoms with Crippen LogP contribution in [0.2, 0.25) is 0 Å². The number of halogens is 1. The Hall–Kier alpha value is -3.54. The molecule has 0 aliphatic rings. The fourth-order valence-corrected chi connectivity index (χ4v) is 2.78. The van der Waals surface area contributed by atoms with Crippen LogP contribution in [-0.2, 0) is 4.79 Å². The summed E-state index contributed by atoms with van der Waals surface area (Å²) >= 11 is 0. The maximum Gasteiger partial charge on any atom is 0.213 e. The maximum absolute atomic E-state index is 13.4. The summed E-state index contributed by atoms with van der Waals surface area (Å²) in [6, 6.07) is 6.73. The second-order valence-corrected chi connectivity index (χ2v) is 6.25. The summed E-state index contributed by atoms with van der Waals surface area (Å²) in [6.45, 7) is 7.49. The van der Waals surface area contributed by atoms with E-state index in [0.717, 1.165) is 11.3 Å². The van der Waals surface area contributed by atoms with Crippen LogP contribution < -0.4 is 9.68 Å². The minimum absolute atomic E-state index is 0.00858. The molecule has 1 aromatic heterocycles. The lowest BCUT2D eigenvalue weighted by Crippen LogP contribution is -2.09. The fourth-order valence-electron chi connectivity index (χ4n) is 2.78. The van der Waals surface area contributed by atoms with E-state index >= 15 is 0 Å². The van der Waals surface area contributed by atoms with Crippen LogP contribution in [0.5, 0.6) is 11.5 Å². The monoisotopic (exact) mass is 396 g/mol. The molecular formula is C23H25FN2O3. The van der Waals surface area contributed by atoms with Crippen molar-refractivity contribution in [2.75, 3.05) is 7.05 Å². The van der Waals surface area contributed by atoms with Crippen LogP contribution in [0.1, 0.15) is 30.2 Å². The number of nitrogens with zero attached hydrogens (tertiary/aromatic N) is 1. The maximum atomic E-state index is 13.4. The van der Waals surface area contributed by atoms with Gasteiger partial charge in [-0.15, -0.1) is 0 Å². The number of aryl methyl sites for hydroxylation is 1. The molecule has 0 aliphatic heterocycles. The summed E-state index contributed by atoms with van der Waals surface area (Å²) in [5.41, 5.74) is 2.63. The molecule has 0 aliphatic carbocycles. The third-order valence-corrected chi connectivity index (χ3v) is 4.20. The zero-order chi connectivity index (χ0) is 21.2. The number of rotatable bonds is 10. The number of amides is 1. The lowest BCUT2D eigenvalue weighted by molar-refractivity contribution is -0.114. The highest BCUT2D eigenvalue weighted by atomic mass is 19.3. The third-order valence-electron chi connectivity index (χ3n) is 4.20. The Morgan fingerprint density at radius 2 is 2.03 bits per heavy atom. The van der Waals surface area contributed by atoms with Gasteiger partial charge in [0.1, 0.15) is 11.5 Å². The molecule has 0 fully saturated rings. The SMILES string of the molecule is C=C/C=C\C=C(/CC)Oc1cccc(OF)c1/C(=C/N(C)C=O)c1cc[nH]c1C. The van der Waals surface area contributed by atoms with Gasteiger partial charge < -0.3 is 14.6 Å². The van der Waals surface area contributed by atoms with Gasteiger partial charge in [-0.05, 0) is 31.2 Å². The lowest BCUT2D eigenvalue weighted by Gasteiger charge is -2.18. The van der Waals surface area contributed by atoms with Gasteiger partial charge in [0.25, 0.3) is 0 Å². The average molecular weight is 396 g/mol. The van der Waals surface area contributed by atoms with Crippen molar-refractivity contribution in [2.45, 2.75) is 20.3 Å². The molecule has 0 unspecified atom stereocenters. The molecule has 1 heterocycles. The molecule has 2 aromatic rings. The molecule has 0 spiro atoms. The molecule has 152 valence electrons. The van der Waals surface area contributed by atoms with Crippen LogP contribution in [0.3, 0.4) is 0 Å². The number of carbonyl (C=O) groups is 1. The van der Waals surface area contributed by atoms with E-state index in [1.807, 2.05) is 32.1 Å². The van der Waals surface area contributed by atoms with Gasteiger partial charge in [0.2, 0.25) is 6.41 Å². The Labute approximate surface area is 170 Å². The number of allylic oxidation sites excluding steroid dienone is 5. The highest BCUT2D eigenvalue weighted by Gasteiger charge is 2.21. The van der Waals surface area contributed by atoms with Gasteiger partial charge in [-0.1, -0.05) is 37.8 Å². The summed E-state index contributed by atoms with van der Waals surface area (Å²) in [7, 11) is 1.60. The Morgan fingerprint density at radius 3 is 2.62 bits per heavy atom. The first-order chi connectivity index (χ1) is 14.0. The molecule has 0 radical (unpaired) electrons. The average Bonchev–Trinajstić information content (AvgIpc) is 3.16. The minimum Gasteiger partial charge on any atom is -0.461 e. The standard InChI is InChI=1S/C23H25FN2O3/c1-5-7-8-10-18(6-2)28-21-11-9-12-22(29-24)23(21)20(15-26(4)16-27)19-13-14-25-17(19)3/h5,7-16,25H,1,6H2,2-4H3/b8-7-,18-10+,20-15+. The van der Waals surface area contributed by atoms with Crippen molar-refractivity contribution >= 4 is 12.0 Å². The first kappa shape index (κ1) is 21.8. The number of benzene rings is 1. The molecule has 0 saturated carbocycles. The van der Waals surface area contributed by atoms with E-state index in [2.05, 4.69) is 16.5 Å². The van der Waals surface area contributed by atoms with Gasteiger partial charge in [0.15, 0.2) is 5.75 Å². The molecule has 1 amide bonds. The number of nitrogens with one attached hydrogen (secondary N) is 1. The molecule has 5 nitrogen and oxygen atoms in total. The molecule has 6 heteroatoms. The van der Waals surface area contributed by atoms with Gasteiger partial charge in [-0.25, -0.2) is 0 Å². The van der Waals surface area contributed by atoms with Gasteiger partial charge in [0, 0.05) is 47.2 Å². The van der Waals surface area contributed by atoms with Gasteiger partial charge >= 0.3 is 0 Å². The molecule has 0 atom stereocenters. The van der Waals surface area contributed by atoms with E-state index in [4.69, 9.17) is 4.74 Å². The van der Waals surface area contributed by atoms with Crippen molar-refractivity contribution in [1.29, 1.82) is 0 Å². The number of aromatic nitrogens is 1. The third kappa shape index (κ3) is 5.48. The largest absolute Gasteiger partial charge is 0.461 e. The van der Waals surface area contributed by atoms with Crippen molar-refractivity contribution in [3.8, 4) is 11.5 Å². The van der Waals surface area contributed by atoms with Crippen LogP contribution in [0.15, 0.2) is 73.3 Å². The number of hydrogen-bond donors (Lipinski definition) is 1. The normalized spacial score (nSPS) is 12.1. The zero-order valence-corrected chi connectivity index (χ0v) is 16.8. The van der Waals surface area contributed by atoms with Crippen molar-refractivity contribution < 1.29 is 19.0 Å². The molecule has 0 saturated heterocycles. The van der Waals surface area contributed by atoms with Crippen LogP contribution >= 0.6 is 0 Å². The van der Waals surface area contributed by atoms with Crippen molar-refractivity contribution in [2.24, 2.45) is 0 Å². The van der Waals surface area contributed by atoms with E-state index in [0.29, 0.717) is 35.5 Å². The van der Waals surface area contributed by atoms with Crippen molar-refractivity contribution in [1.82, 2.24) is 9.88 Å². The van der Waals surface area contributed by atoms with Crippen molar-refractivity contribution in [3.05, 3.63) is 90.1 Å². The quantitative estimate of drug-likeness (QED) is 0.329. The van der Waals surface area contributed by atoms with E-state index in [9.17, 15) is 9.32 Å². The predicted molar refractivity (Wildman–Crippen MR) is 113 cm³/mol. The van der Waals surface area contributed by atoms with Crippen LogP contribution in [0, 0.1) is 6.92 Å². The summed E-state index contributed by atoms with van der Waals surface area (Å²) < 4.78 is 19.5.